The summed E-state index contributed by atoms with van der Waals surface area (Å²) in [7, 11) is 0. The smallest absolute Gasteiger partial charge is 0.231 e. The summed E-state index contributed by atoms with van der Waals surface area (Å²) < 4.78 is 0. The number of hydrogen-bond acceptors (Lipinski definition) is 6. The topological polar surface area (TPSA) is 89.9 Å². The summed E-state index contributed by atoms with van der Waals surface area (Å²) in [4.78, 5) is 11.1. The zero-order chi connectivity index (χ0) is 13.5. The van der Waals surface area contributed by atoms with E-state index in [9.17, 15) is 5.11 Å². The Bertz CT molecular complexity index is 802. The Kier molecular flexibility index (Phi) is 2.53. The molecule has 0 radical (unpaired) electrons. The van der Waals surface area contributed by atoms with Gasteiger partial charge in [0.25, 0.3) is 0 Å². The van der Waals surface area contributed by atoms with Gasteiger partial charge in [-0.2, -0.15) is 0 Å². The van der Waals surface area contributed by atoms with Crippen molar-refractivity contribution in [2.75, 3.05) is 0 Å². The molecule has 2 aromatic heterocycles. The lowest BCUT2D eigenvalue weighted by Crippen LogP contribution is -2.18. The Morgan fingerprint density at radius 2 is 2.25 bits per heavy atom. The Hall–Kier alpha value is -2.28. The van der Waals surface area contributed by atoms with Crippen molar-refractivity contribution in [2.45, 2.75) is 18.8 Å². The molecular weight excluding hydrogens is 274 g/mol. The second kappa shape index (κ2) is 4.38. The number of rotatable bonds is 3. The van der Waals surface area contributed by atoms with Crippen LogP contribution in [0, 0.1) is 0 Å². The Balaban J connectivity index is 1.66. The minimum atomic E-state index is -0.306. The van der Waals surface area contributed by atoms with Gasteiger partial charge in [0.1, 0.15) is 5.01 Å². The van der Waals surface area contributed by atoms with Crippen molar-refractivity contribution >= 4 is 33.4 Å². The summed E-state index contributed by atoms with van der Waals surface area (Å²) >= 11 is 1.40. The third-order valence-electron chi connectivity index (χ3n) is 3.22. The summed E-state index contributed by atoms with van der Waals surface area (Å²) in [5.41, 5.74) is 2.17. The molecule has 6 nitrogen and oxygen atoms in total. The largest absolute Gasteiger partial charge is 0.858 e. The molecule has 1 saturated carbocycles. The van der Waals surface area contributed by atoms with Crippen LogP contribution in [0.2, 0.25) is 0 Å². The third-order valence-corrected chi connectivity index (χ3v) is 4.20. The average molecular weight is 284 g/mol. The maximum Gasteiger partial charge on any atom is 0.231 e. The predicted molar refractivity (Wildman–Crippen MR) is 74.2 cm³/mol. The standard InChI is InChI=1S/C13H11N5OS/c19-11(8-3-4-9-10(5-8)15-6-14-9)16-13-18-17-12(20-13)7-1-2-7/h3-7H,1-2H2,(H,14,15)(H,16,18,19)/p-1. The number of aromatic amines is 1. The van der Waals surface area contributed by atoms with E-state index in [0.29, 0.717) is 16.6 Å². The van der Waals surface area contributed by atoms with E-state index in [-0.39, 0.29) is 5.90 Å². The van der Waals surface area contributed by atoms with Crippen LogP contribution in [0.3, 0.4) is 0 Å². The van der Waals surface area contributed by atoms with Gasteiger partial charge in [-0.05, 0) is 36.4 Å². The van der Waals surface area contributed by atoms with Crippen molar-refractivity contribution in [2.24, 2.45) is 4.99 Å². The van der Waals surface area contributed by atoms with Gasteiger partial charge in [-0.15, -0.1) is 10.2 Å². The molecular formula is C13H10N5OS-. The van der Waals surface area contributed by atoms with Crippen molar-refractivity contribution in [3.63, 3.8) is 0 Å². The van der Waals surface area contributed by atoms with E-state index in [1.165, 1.54) is 24.2 Å². The molecule has 0 amide bonds. The average Bonchev–Trinajstić information content (AvgIpc) is 3.02. The van der Waals surface area contributed by atoms with E-state index in [1.807, 2.05) is 0 Å². The Labute approximate surface area is 118 Å². The van der Waals surface area contributed by atoms with Crippen LogP contribution in [0.25, 0.3) is 11.0 Å². The van der Waals surface area contributed by atoms with Crippen molar-refractivity contribution in [1.29, 1.82) is 0 Å². The van der Waals surface area contributed by atoms with E-state index < -0.39 is 0 Å². The van der Waals surface area contributed by atoms with Gasteiger partial charge in [0.15, 0.2) is 0 Å². The molecule has 1 aliphatic rings. The Morgan fingerprint density at radius 1 is 1.35 bits per heavy atom. The van der Waals surface area contributed by atoms with Crippen LogP contribution < -0.4 is 5.11 Å². The molecule has 0 atom stereocenters. The molecule has 0 aliphatic heterocycles. The second-order valence-corrected chi connectivity index (χ2v) is 5.74. The first-order chi connectivity index (χ1) is 9.79. The minimum Gasteiger partial charge on any atom is -0.858 e. The van der Waals surface area contributed by atoms with E-state index in [0.717, 1.165) is 16.0 Å². The van der Waals surface area contributed by atoms with Crippen LogP contribution in [0.4, 0.5) is 5.13 Å². The Morgan fingerprint density at radius 3 is 3.10 bits per heavy atom. The molecule has 4 rings (SSSR count). The van der Waals surface area contributed by atoms with Gasteiger partial charge in [-0.1, -0.05) is 17.4 Å². The van der Waals surface area contributed by atoms with Crippen molar-refractivity contribution < 1.29 is 5.11 Å². The van der Waals surface area contributed by atoms with E-state index >= 15 is 0 Å². The predicted octanol–water partition coefficient (Wildman–Crippen LogP) is 1.73. The first kappa shape index (κ1) is 11.5. The number of fused-ring (bicyclic) bond motifs is 1. The molecule has 3 aromatic rings. The highest BCUT2D eigenvalue weighted by Crippen LogP contribution is 2.42. The van der Waals surface area contributed by atoms with Gasteiger partial charge < -0.3 is 10.1 Å². The number of H-pyrrole nitrogens is 1. The lowest BCUT2D eigenvalue weighted by Gasteiger charge is -2.09. The maximum atomic E-state index is 12.1. The summed E-state index contributed by atoms with van der Waals surface area (Å²) in [6.45, 7) is 0. The highest BCUT2D eigenvalue weighted by molar-refractivity contribution is 7.15. The van der Waals surface area contributed by atoms with Crippen molar-refractivity contribution in [1.82, 2.24) is 20.2 Å². The number of hydrogen-bond donors (Lipinski definition) is 1. The van der Waals surface area contributed by atoms with Gasteiger partial charge in [0.2, 0.25) is 5.13 Å². The zero-order valence-corrected chi connectivity index (χ0v) is 11.2. The SMILES string of the molecule is [O-]/C(=N\c1nnc(C2CC2)s1)c1ccc2nc[nH]c2c1. The fourth-order valence-corrected chi connectivity index (χ4v) is 2.87. The fourth-order valence-electron chi connectivity index (χ4n) is 1.99. The monoisotopic (exact) mass is 284 g/mol. The van der Waals surface area contributed by atoms with Crippen LogP contribution in [0.1, 0.15) is 29.3 Å². The molecule has 7 heteroatoms. The number of benzene rings is 1. The number of nitrogens with zero attached hydrogens (tertiary/aromatic N) is 4. The van der Waals surface area contributed by atoms with Gasteiger partial charge in [0, 0.05) is 5.92 Å². The molecule has 0 saturated heterocycles. The number of aromatic nitrogens is 4. The summed E-state index contributed by atoms with van der Waals surface area (Å²) in [5, 5.41) is 21.6. The van der Waals surface area contributed by atoms with Gasteiger partial charge in [-0.3, -0.25) is 0 Å². The lowest BCUT2D eigenvalue weighted by molar-refractivity contribution is -0.212. The van der Waals surface area contributed by atoms with E-state index in [2.05, 4.69) is 25.2 Å². The highest BCUT2D eigenvalue weighted by Gasteiger charge is 2.27. The van der Waals surface area contributed by atoms with Crippen molar-refractivity contribution in [3.05, 3.63) is 35.1 Å². The van der Waals surface area contributed by atoms with E-state index in [4.69, 9.17) is 0 Å². The van der Waals surface area contributed by atoms with Crippen molar-refractivity contribution in [3.8, 4) is 0 Å². The number of aliphatic imine (C=N–C) groups is 1. The van der Waals surface area contributed by atoms with Gasteiger partial charge in [0.05, 0.1) is 17.4 Å². The second-order valence-electron chi connectivity index (χ2n) is 4.75. The molecule has 1 aliphatic carbocycles. The molecule has 2 heterocycles. The summed E-state index contributed by atoms with van der Waals surface area (Å²) in [5.74, 6) is 0.230. The summed E-state index contributed by atoms with van der Waals surface area (Å²) in [6.07, 6.45) is 3.93. The van der Waals surface area contributed by atoms with E-state index in [1.54, 1.807) is 24.5 Å². The summed E-state index contributed by atoms with van der Waals surface area (Å²) in [6, 6.07) is 5.26. The molecule has 1 aromatic carbocycles. The number of imidazole rings is 1. The number of nitrogens with one attached hydrogen (secondary N) is 1. The molecule has 0 spiro atoms. The van der Waals surface area contributed by atoms with Gasteiger partial charge in [-0.25, -0.2) is 9.98 Å². The highest BCUT2D eigenvalue weighted by atomic mass is 32.1. The maximum absolute atomic E-state index is 12.1. The first-order valence-corrected chi connectivity index (χ1v) is 7.14. The molecule has 20 heavy (non-hydrogen) atoms. The quantitative estimate of drug-likeness (QED) is 0.586. The minimum absolute atomic E-state index is 0.306. The molecule has 1 fully saturated rings. The normalized spacial score (nSPS) is 15.9. The third kappa shape index (κ3) is 2.05. The van der Waals surface area contributed by atoms with Crippen LogP contribution >= 0.6 is 11.3 Å². The zero-order valence-electron chi connectivity index (χ0n) is 10.4. The fraction of sp³-hybridized carbons (Fsp3) is 0.231. The molecule has 0 bridgehead atoms. The van der Waals surface area contributed by atoms with Crippen LogP contribution in [0.15, 0.2) is 29.5 Å². The van der Waals surface area contributed by atoms with Crippen LogP contribution in [-0.2, 0) is 0 Å². The molecule has 100 valence electrons. The van der Waals surface area contributed by atoms with Crippen LogP contribution in [-0.4, -0.2) is 26.1 Å². The lowest BCUT2D eigenvalue weighted by atomic mass is 10.2. The van der Waals surface area contributed by atoms with Gasteiger partial charge >= 0.3 is 0 Å². The first-order valence-electron chi connectivity index (χ1n) is 6.32. The van der Waals surface area contributed by atoms with Crippen LogP contribution in [0.5, 0.6) is 0 Å². The molecule has 1 N–H and O–H groups in total. The molecule has 0 unspecified atom stereocenters.